The van der Waals surface area contributed by atoms with Gasteiger partial charge in [0.25, 0.3) is 0 Å². The molecule has 9 nitrogen and oxygen atoms in total. The lowest BCUT2D eigenvalue weighted by atomic mass is 9.82. The van der Waals surface area contributed by atoms with Gasteiger partial charge in [-0.3, -0.25) is 9.69 Å². The maximum absolute atomic E-state index is 13.9. The molecule has 2 amide bonds. The number of para-hydroxylation sites is 1. The van der Waals surface area contributed by atoms with E-state index in [9.17, 15) is 19.5 Å². The van der Waals surface area contributed by atoms with Crippen molar-refractivity contribution in [3.63, 3.8) is 0 Å². The number of carboxylic acids is 1. The predicted octanol–water partition coefficient (Wildman–Crippen LogP) is 3.96. The minimum absolute atomic E-state index is 0.00298. The third kappa shape index (κ3) is 4.93. The first kappa shape index (κ1) is 23.8. The molecule has 34 heavy (non-hydrogen) atoms. The highest BCUT2D eigenvalue weighted by Gasteiger charge is 2.38. The molecule has 4 rings (SSSR count). The number of nitrogens with zero attached hydrogens (tertiary/aromatic N) is 4. The molecule has 2 fully saturated rings. The van der Waals surface area contributed by atoms with Crippen LogP contribution in [-0.2, 0) is 9.53 Å². The van der Waals surface area contributed by atoms with Gasteiger partial charge in [0, 0.05) is 31.2 Å². The van der Waals surface area contributed by atoms with E-state index in [1.54, 1.807) is 9.80 Å². The summed E-state index contributed by atoms with van der Waals surface area (Å²) in [5.74, 6) is -0.578. The van der Waals surface area contributed by atoms with Gasteiger partial charge < -0.3 is 14.7 Å². The zero-order valence-electron chi connectivity index (χ0n) is 19.7. The summed E-state index contributed by atoms with van der Waals surface area (Å²) in [6.07, 6.45) is 5.68. The van der Waals surface area contributed by atoms with Crippen LogP contribution in [0.5, 0.6) is 0 Å². The molecule has 2 heterocycles. The summed E-state index contributed by atoms with van der Waals surface area (Å²) < 4.78 is 6.36. The molecule has 0 unspecified atom stereocenters. The minimum Gasteiger partial charge on any atom is -0.477 e. The van der Waals surface area contributed by atoms with Gasteiger partial charge in [-0.05, 0) is 56.6 Å². The average molecular weight is 469 g/mol. The number of aromatic nitrogens is 2. The van der Waals surface area contributed by atoms with Crippen LogP contribution >= 0.6 is 0 Å². The lowest BCUT2D eigenvalue weighted by molar-refractivity contribution is -0.124. The second-order valence-electron chi connectivity index (χ2n) is 9.30. The van der Waals surface area contributed by atoms with E-state index in [1.807, 2.05) is 30.3 Å². The Hall–Kier alpha value is -3.36. The quantitative estimate of drug-likeness (QED) is 0.712. The van der Waals surface area contributed by atoms with Gasteiger partial charge in [0.2, 0.25) is 5.91 Å². The molecule has 0 radical (unpaired) electrons. The zero-order valence-corrected chi connectivity index (χ0v) is 19.7. The van der Waals surface area contributed by atoms with Crippen LogP contribution in [-0.4, -0.2) is 64.0 Å². The molecule has 2 aromatic rings. The van der Waals surface area contributed by atoms with E-state index in [0.717, 1.165) is 31.4 Å². The number of hydrogen-bond donors (Lipinski definition) is 1. The fourth-order valence-electron chi connectivity index (χ4n) is 5.00. The molecule has 1 aliphatic heterocycles. The van der Waals surface area contributed by atoms with Gasteiger partial charge in [-0.25, -0.2) is 14.3 Å². The summed E-state index contributed by atoms with van der Waals surface area (Å²) in [5, 5.41) is 14.6. The molecule has 9 heteroatoms. The third-order valence-electron chi connectivity index (χ3n) is 7.04. The maximum atomic E-state index is 13.9. The number of carboxylic acid groups (broad SMARTS) is 1. The number of carbonyl (C=O) groups excluding carboxylic acids is 2. The minimum atomic E-state index is -1.13. The molecule has 1 N–H and O–H groups in total. The number of rotatable bonds is 5. The second kappa shape index (κ2) is 10.3. The smallest absolute Gasteiger partial charge is 0.409 e. The molecule has 0 bridgehead atoms. The molecular formula is C25H32N4O5. The lowest BCUT2D eigenvalue weighted by Gasteiger charge is -2.39. The number of aromatic carboxylic acids is 1. The fraction of sp³-hybridized carbons (Fsp3) is 0.520. The highest BCUT2D eigenvalue weighted by atomic mass is 16.5. The Morgan fingerprint density at radius 1 is 1.03 bits per heavy atom. The van der Waals surface area contributed by atoms with E-state index in [4.69, 9.17) is 4.74 Å². The monoisotopic (exact) mass is 468 g/mol. The van der Waals surface area contributed by atoms with Crippen molar-refractivity contribution >= 4 is 23.8 Å². The fourth-order valence-corrected chi connectivity index (χ4v) is 5.00. The topological polar surface area (TPSA) is 105 Å². The molecular weight excluding hydrogens is 436 g/mol. The van der Waals surface area contributed by atoms with Crippen LogP contribution in [0, 0.1) is 11.8 Å². The van der Waals surface area contributed by atoms with Crippen LogP contribution in [0.4, 0.5) is 10.6 Å². The van der Waals surface area contributed by atoms with Crippen LogP contribution in [0.25, 0.3) is 5.69 Å². The first-order valence-electron chi connectivity index (χ1n) is 11.9. The van der Waals surface area contributed by atoms with E-state index in [0.29, 0.717) is 31.8 Å². The highest BCUT2D eigenvalue weighted by Crippen LogP contribution is 2.34. The molecule has 1 aromatic heterocycles. The Bertz CT molecular complexity index is 1020. The van der Waals surface area contributed by atoms with Gasteiger partial charge in [-0.1, -0.05) is 25.1 Å². The number of ether oxygens (including phenoxy) is 1. The van der Waals surface area contributed by atoms with Crippen LogP contribution in [0.2, 0.25) is 0 Å². The number of anilines is 1. The number of hydrogen-bond acceptors (Lipinski definition) is 5. The zero-order chi connectivity index (χ0) is 24.2. The van der Waals surface area contributed by atoms with Crippen molar-refractivity contribution in [3.8, 4) is 5.69 Å². The van der Waals surface area contributed by atoms with E-state index >= 15 is 0 Å². The maximum Gasteiger partial charge on any atom is 0.409 e. The van der Waals surface area contributed by atoms with Crippen molar-refractivity contribution < 1.29 is 24.2 Å². The van der Waals surface area contributed by atoms with Crippen molar-refractivity contribution in [2.45, 2.75) is 51.5 Å². The van der Waals surface area contributed by atoms with Crippen molar-refractivity contribution in [1.82, 2.24) is 14.7 Å². The Balaban J connectivity index is 1.69. The summed E-state index contributed by atoms with van der Waals surface area (Å²) in [6, 6.07) is 9.01. The number of benzene rings is 1. The summed E-state index contributed by atoms with van der Waals surface area (Å²) >= 11 is 0. The van der Waals surface area contributed by atoms with E-state index in [1.165, 1.54) is 18.0 Å². The van der Waals surface area contributed by atoms with Crippen molar-refractivity contribution in [1.29, 1.82) is 0 Å². The van der Waals surface area contributed by atoms with Crippen molar-refractivity contribution in [2.24, 2.45) is 11.8 Å². The number of piperidine rings is 1. The number of carbonyl (C=O) groups is 3. The second-order valence-corrected chi connectivity index (χ2v) is 9.30. The largest absolute Gasteiger partial charge is 0.477 e. The predicted molar refractivity (Wildman–Crippen MR) is 126 cm³/mol. The van der Waals surface area contributed by atoms with Crippen LogP contribution in [0.1, 0.15) is 55.8 Å². The van der Waals surface area contributed by atoms with E-state index in [2.05, 4.69) is 12.0 Å². The first-order valence-corrected chi connectivity index (χ1v) is 11.9. The molecule has 1 saturated heterocycles. The average Bonchev–Trinajstić information content (AvgIpc) is 3.30. The van der Waals surface area contributed by atoms with E-state index in [-0.39, 0.29) is 29.2 Å². The van der Waals surface area contributed by atoms with Gasteiger partial charge >= 0.3 is 12.1 Å². The van der Waals surface area contributed by atoms with Crippen molar-refractivity contribution in [2.75, 3.05) is 25.1 Å². The third-order valence-corrected chi connectivity index (χ3v) is 7.04. The van der Waals surface area contributed by atoms with E-state index < -0.39 is 12.1 Å². The summed E-state index contributed by atoms with van der Waals surface area (Å²) in [6.45, 7) is 3.07. The normalized spacial score (nSPS) is 21.2. The number of methoxy groups -OCH3 is 1. The highest BCUT2D eigenvalue weighted by molar-refractivity contribution is 6.02. The molecule has 182 valence electrons. The van der Waals surface area contributed by atoms with Gasteiger partial charge in [-0.15, -0.1) is 5.10 Å². The summed E-state index contributed by atoms with van der Waals surface area (Å²) in [4.78, 5) is 41.3. The summed E-state index contributed by atoms with van der Waals surface area (Å²) in [7, 11) is 1.35. The Morgan fingerprint density at radius 3 is 2.26 bits per heavy atom. The molecule has 1 aromatic carbocycles. The SMILES string of the molecule is COC(=O)N1CCC(N(C(=O)C2CCC(C)CC2)c2nn(-c3ccccc3)cc2C(=O)O)CC1. The van der Waals surface area contributed by atoms with Gasteiger partial charge in [0.15, 0.2) is 5.82 Å². The van der Waals surface area contributed by atoms with Crippen LogP contribution < -0.4 is 4.90 Å². The first-order chi connectivity index (χ1) is 16.4. The van der Waals surface area contributed by atoms with Gasteiger partial charge in [-0.2, -0.15) is 0 Å². The number of likely N-dealkylation sites (tertiary alicyclic amines) is 1. The standard InChI is InChI=1S/C25H32N4O5/c1-17-8-10-18(11-9-17)23(30)29(20-12-14-27(15-13-20)25(33)34-2)22-21(24(31)32)16-28(26-22)19-6-4-3-5-7-19/h3-7,16-18,20H,8-15H2,1-2H3,(H,31,32). The molecule has 2 aliphatic rings. The van der Waals surface area contributed by atoms with Gasteiger partial charge in [0.05, 0.1) is 12.8 Å². The molecule has 0 spiro atoms. The molecule has 0 atom stereocenters. The Kier molecular flexibility index (Phi) is 7.19. The van der Waals surface area contributed by atoms with Crippen molar-refractivity contribution in [3.05, 3.63) is 42.1 Å². The van der Waals surface area contributed by atoms with Crippen LogP contribution in [0.3, 0.4) is 0 Å². The van der Waals surface area contributed by atoms with Crippen LogP contribution in [0.15, 0.2) is 36.5 Å². The van der Waals surface area contributed by atoms with Gasteiger partial charge in [0.1, 0.15) is 5.56 Å². The Morgan fingerprint density at radius 2 is 1.68 bits per heavy atom. The lowest BCUT2D eigenvalue weighted by Crippen LogP contribution is -2.51. The summed E-state index contributed by atoms with van der Waals surface area (Å²) in [5.41, 5.74) is 0.715. The number of amides is 2. The Labute approximate surface area is 199 Å². The molecule has 1 aliphatic carbocycles. The molecule has 1 saturated carbocycles.